The van der Waals surface area contributed by atoms with Crippen LogP contribution in [0.5, 0.6) is 0 Å². The Morgan fingerprint density at radius 3 is 2.31 bits per heavy atom. The molecular formula is C25H31NO2Y-2. The molecule has 3 nitrogen and oxygen atoms in total. The Labute approximate surface area is 201 Å². The molecule has 153 valence electrons. The van der Waals surface area contributed by atoms with E-state index in [1.807, 2.05) is 56.3 Å². The first-order valence-electron chi connectivity index (χ1n) is 9.49. The van der Waals surface area contributed by atoms with E-state index >= 15 is 0 Å². The molecule has 0 aliphatic rings. The summed E-state index contributed by atoms with van der Waals surface area (Å²) in [5, 5.41) is 0. The number of benzene rings is 2. The maximum absolute atomic E-state index is 12.3. The first-order valence-corrected chi connectivity index (χ1v) is 9.49. The van der Waals surface area contributed by atoms with Crippen LogP contribution in [0.2, 0.25) is 0 Å². The van der Waals surface area contributed by atoms with Crippen LogP contribution >= 0.6 is 0 Å². The van der Waals surface area contributed by atoms with Crippen LogP contribution in [-0.4, -0.2) is 24.3 Å². The Morgan fingerprint density at radius 1 is 1.10 bits per heavy atom. The van der Waals surface area contributed by atoms with Gasteiger partial charge >= 0.3 is 0 Å². The number of nitrogens with zero attached hydrogens (tertiary/aromatic N) is 1. The minimum Gasteiger partial charge on any atom is -0.358 e. The minimum atomic E-state index is -0.0302. The molecule has 0 N–H and O–H groups in total. The van der Waals surface area contributed by atoms with E-state index in [9.17, 15) is 9.59 Å². The summed E-state index contributed by atoms with van der Waals surface area (Å²) >= 11 is 0. The Morgan fingerprint density at radius 2 is 1.76 bits per heavy atom. The quantitative estimate of drug-likeness (QED) is 0.285. The number of ketones is 2. The molecule has 1 unspecified atom stereocenters. The molecule has 0 heterocycles. The molecular weight excluding hydrogens is 435 g/mol. The molecule has 2 aromatic carbocycles. The molecule has 2 rings (SSSR count). The fourth-order valence-electron chi connectivity index (χ4n) is 3.26. The second-order valence-electron chi connectivity index (χ2n) is 7.06. The smallest absolute Gasteiger partial charge is 0.144 e. The van der Waals surface area contributed by atoms with Gasteiger partial charge in [0.15, 0.2) is 0 Å². The average molecular weight is 466 g/mol. The van der Waals surface area contributed by atoms with Crippen molar-refractivity contribution >= 4 is 17.3 Å². The van der Waals surface area contributed by atoms with E-state index in [4.69, 9.17) is 0 Å². The van der Waals surface area contributed by atoms with E-state index in [1.165, 1.54) is 0 Å². The SMILES string of the molecule is CCC(=NC)c1ccc(CC(=O)CC(=O)CC(C)c2cc[c-]c(C)c2)cc1.[CH3-].[Y]. The molecule has 0 saturated heterocycles. The van der Waals surface area contributed by atoms with Crippen LogP contribution in [0.25, 0.3) is 0 Å². The van der Waals surface area contributed by atoms with Crippen molar-refractivity contribution in [1.82, 2.24) is 0 Å². The first kappa shape index (κ1) is 27.6. The van der Waals surface area contributed by atoms with Gasteiger partial charge < -0.3 is 7.43 Å². The monoisotopic (exact) mass is 466 g/mol. The maximum Gasteiger partial charge on any atom is 0.144 e. The van der Waals surface area contributed by atoms with Gasteiger partial charge in [0.05, 0.1) is 6.42 Å². The summed E-state index contributed by atoms with van der Waals surface area (Å²) in [5.41, 5.74) is 5.24. The van der Waals surface area contributed by atoms with Crippen LogP contribution in [0.4, 0.5) is 0 Å². The normalized spacial score (nSPS) is 11.8. The minimum absolute atomic E-state index is 0. The first-order chi connectivity index (χ1) is 12.9. The number of aryl methyl sites for hydroxylation is 1. The average Bonchev–Trinajstić information content (AvgIpc) is 2.63. The molecule has 0 aliphatic carbocycles. The number of carbonyl (C=O) groups excluding carboxylic acids is 2. The van der Waals surface area contributed by atoms with Crippen LogP contribution in [0.1, 0.15) is 61.3 Å². The van der Waals surface area contributed by atoms with E-state index in [1.54, 1.807) is 7.05 Å². The van der Waals surface area contributed by atoms with E-state index in [0.29, 0.717) is 12.8 Å². The molecule has 1 radical (unpaired) electrons. The summed E-state index contributed by atoms with van der Waals surface area (Å²) in [7, 11) is 1.79. The number of rotatable bonds is 9. The number of hydrogen-bond acceptors (Lipinski definition) is 3. The predicted molar refractivity (Wildman–Crippen MR) is 117 cm³/mol. The molecule has 1 atom stereocenters. The molecule has 4 heteroatoms. The zero-order chi connectivity index (χ0) is 19.8. The third-order valence-corrected chi connectivity index (χ3v) is 4.76. The molecule has 0 spiro atoms. The van der Waals surface area contributed by atoms with Crippen LogP contribution < -0.4 is 0 Å². The van der Waals surface area contributed by atoms with Gasteiger partial charge in [0, 0.05) is 58.3 Å². The third kappa shape index (κ3) is 8.84. The van der Waals surface area contributed by atoms with Gasteiger partial charge in [0.1, 0.15) is 11.6 Å². The van der Waals surface area contributed by atoms with E-state index in [2.05, 4.69) is 18.0 Å². The Hall–Kier alpha value is -1.45. The van der Waals surface area contributed by atoms with Gasteiger partial charge in [-0.05, 0) is 23.5 Å². The molecule has 0 amide bonds. The van der Waals surface area contributed by atoms with Crippen LogP contribution in [0, 0.1) is 20.4 Å². The molecule has 2 aromatic rings. The van der Waals surface area contributed by atoms with Gasteiger partial charge in [0.25, 0.3) is 0 Å². The van der Waals surface area contributed by atoms with Gasteiger partial charge in [-0.25, -0.2) is 0 Å². The van der Waals surface area contributed by atoms with Crippen LogP contribution in [0.15, 0.2) is 47.5 Å². The van der Waals surface area contributed by atoms with E-state index < -0.39 is 0 Å². The molecule has 0 bridgehead atoms. The Kier molecular flexibility index (Phi) is 13.0. The van der Waals surface area contributed by atoms with Gasteiger partial charge in [-0.15, -0.1) is 0 Å². The molecule has 29 heavy (non-hydrogen) atoms. The van der Waals surface area contributed by atoms with Crippen LogP contribution in [0.3, 0.4) is 0 Å². The van der Waals surface area contributed by atoms with Crippen molar-refractivity contribution in [2.24, 2.45) is 4.99 Å². The summed E-state index contributed by atoms with van der Waals surface area (Å²) in [6.07, 6.45) is 1.56. The summed E-state index contributed by atoms with van der Waals surface area (Å²) in [6, 6.07) is 16.9. The molecule has 0 fully saturated rings. The number of hydrogen-bond donors (Lipinski definition) is 0. The van der Waals surface area contributed by atoms with Crippen molar-refractivity contribution in [1.29, 1.82) is 0 Å². The Bertz CT molecular complexity index is 825. The fourth-order valence-corrected chi connectivity index (χ4v) is 3.26. The van der Waals surface area contributed by atoms with Gasteiger partial charge in [-0.1, -0.05) is 45.0 Å². The predicted octanol–water partition coefficient (Wildman–Crippen LogP) is 5.34. The third-order valence-electron chi connectivity index (χ3n) is 4.76. The maximum atomic E-state index is 12.3. The fraction of sp³-hybridized carbons (Fsp3) is 0.360. The largest absolute Gasteiger partial charge is 0.358 e. The summed E-state index contributed by atoms with van der Waals surface area (Å²) in [5.74, 6) is 0.0806. The summed E-state index contributed by atoms with van der Waals surface area (Å²) < 4.78 is 0. The standard InChI is InChI=1S/C24H28NO2.CH3.Y/c1-5-24(25-4)20-11-9-19(10-12-20)15-23(27)16-22(26)14-18(3)21-8-6-7-17(2)13-21;;/h6,8-13,18H,5,14-16H2,1-4H3;1H3;/q2*-1;. The number of Topliss-reactive ketones (excluding diaryl/α,β-unsaturated/α-hetero) is 2. The van der Waals surface area contributed by atoms with Gasteiger partial charge in [0.2, 0.25) is 0 Å². The van der Waals surface area contributed by atoms with Gasteiger partial charge in [-0.3, -0.25) is 14.6 Å². The van der Waals surface area contributed by atoms with Crippen molar-refractivity contribution in [3.05, 3.63) is 78.2 Å². The number of carbonyl (C=O) groups is 2. The molecule has 0 aromatic heterocycles. The van der Waals surface area contributed by atoms with Crippen molar-refractivity contribution in [2.45, 2.75) is 52.4 Å². The van der Waals surface area contributed by atoms with Crippen molar-refractivity contribution in [3.63, 3.8) is 0 Å². The zero-order valence-electron chi connectivity index (χ0n) is 18.3. The summed E-state index contributed by atoms with van der Waals surface area (Å²) in [4.78, 5) is 28.8. The molecule has 0 aliphatic heterocycles. The van der Waals surface area contributed by atoms with E-state index in [-0.39, 0.29) is 64.0 Å². The van der Waals surface area contributed by atoms with Crippen LogP contribution in [-0.2, 0) is 48.7 Å². The van der Waals surface area contributed by atoms with Gasteiger partial charge in [-0.2, -0.15) is 35.4 Å². The topological polar surface area (TPSA) is 46.5 Å². The van der Waals surface area contributed by atoms with E-state index in [0.717, 1.165) is 34.4 Å². The molecule has 0 saturated carbocycles. The Balaban J connectivity index is 0.00000392. The van der Waals surface area contributed by atoms with Crippen molar-refractivity contribution in [3.8, 4) is 0 Å². The second kappa shape index (κ2) is 13.7. The number of aliphatic imine (C=N–C) groups is 1. The zero-order valence-corrected chi connectivity index (χ0v) is 21.1. The van der Waals surface area contributed by atoms with Crippen molar-refractivity contribution < 1.29 is 42.3 Å². The van der Waals surface area contributed by atoms with Crippen molar-refractivity contribution in [2.75, 3.05) is 7.05 Å². The second-order valence-corrected chi connectivity index (χ2v) is 7.06. The summed E-state index contributed by atoms with van der Waals surface area (Å²) in [6.45, 7) is 6.08.